The average molecular weight is 414 g/mol. The highest BCUT2D eigenvalue weighted by Gasteiger charge is 2.30. The van der Waals surface area contributed by atoms with E-state index in [1.54, 1.807) is 4.90 Å². The number of carbonyl (C=O) groups excluding carboxylic acids is 2. The fourth-order valence-electron chi connectivity index (χ4n) is 3.50. The molecule has 1 aromatic heterocycles. The van der Waals surface area contributed by atoms with Gasteiger partial charge in [0.25, 0.3) is 11.5 Å². The number of aliphatic hydroxyl groups is 1. The number of nitrogens with zero attached hydrogens (tertiary/aromatic N) is 3. The molecule has 0 aliphatic carbocycles. The van der Waals surface area contributed by atoms with Gasteiger partial charge in [0.2, 0.25) is 0 Å². The number of nitrogens with one attached hydrogen (secondary N) is 2. The van der Waals surface area contributed by atoms with E-state index in [4.69, 9.17) is 16.3 Å². The molecule has 0 aromatic carbocycles. The Kier molecular flexibility index (Phi) is 6.40. The van der Waals surface area contributed by atoms with Crippen molar-refractivity contribution in [2.24, 2.45) is 0 Å². The molecule has 2 fully saturated rings. The second kappa shape index (κ2) is 8.78. The summed E-state index contributed by atoms with van der Waals surface area (Å²) in [6.45, 7) is 3.45. The highest BCUT2D eigenvalue weighted by Crippen LogP contribution is 2.25. The minimum absolute atomic E-state index is 0.0682. The Balaban J connectivity index is 1.44. The average Bonchev–Trinajstić information content (AvgIpc) is 3.12. The fraction of sp³-hybridized carbons (Fsp3) is 0.647. The van der Waals surface area contributed by atoms with Gasteiger partial charge in [-0.25, -0.2) is 9.89 Å². The summed E-state index contributed by atoms with van der Waals surface area (Å²) in [5.74, 6) is -0.292. The van der Waals surface area contributed by atoms with Crippen LogP contribution in [0.3, 0.4) is 0 Å². The SMILES string of the molecule is C[C@@H](O)C(=O)N1CCC(NC(=O)O[C@@H]2CCN(c3cn[nH]c(=O)c3Cl)C2)CC1. The molecule has 10 nitrogen and oxygen atoms in total. The number of hydrogen-bond acceptors (Lipinski definition) is 7. The quantitative estimate of drug-likeness (QED) is 0.638. The van der Waals surface area contributed by atoms with Crippen molar-refractivity contribution in [1.29, 1.82) is 0 Å². The molecule has 0 spiro atoms. The molecule has 28 heavy (non-hydrogen) atoms. The molecule has 0 unspecified atom stereocenters. The summed E-state index contributed by atoms with van der Waals surface area (Å²) in [6.07, 6.45) is 1.50. The van der Waals surface area contributed by atoms with Crippen LogP contribution >= 0.6 is 11.6 Å². The van der Waals surface area contributed by atoms with Crippen molar-refractivity contribution in [3.8, 4) is 0 Å². The molecule has 154 valence electrons. The predicted octanol–water partition coefficient (Wildman–Crippen LogP) is 0.100. The molecule has 2 aliphatic rings. The highest BCUT2D eigenvalue weighted by molar-refractivity contribution is 6.33. The number of rotatable bonds is 4. The summed E-state index contributed by atoms with van der Waals surface area (Å²) in [5, 5.41) is 18.3. The number of aromatic amines is 1. The molecule has 3 heterocycles. The van der Waals surface area contributed by atoms with Gasteiger partial charge in [0.15, 0.2) is 0 Å². The maximum atomic E-state index is 12.2. The molecule has 3 N–H and O–H groups in total. The molecular weight excluding hydrogens is 390 g/mol. The summed E-state index contributed by atoms with van der Waals surface area (Å²) in [6, 6.07) is -0.0746. The first-order chi connectivity index (χ1) is 13.3. The van der Waals surface area contributed by atoms with E-state index in [2.05, 4.69) is 15.5 Å². The first kappa shape index (κ1) is 20.4. The van der Waals surface area contributed by atoms with Gasteiger partial charge in [-0.15, -0.1) is 0 Å². The maximum Gasteiger partial charge on any atom is 0.407 e. The standard InChI is InChI=1S/C17H24ClN5O5/c1-10(24)16(26)22-5-2-11(3-6-22)20-17(27)28-12-4-7-23(9-12)13-8-19-21-15(25)14(13)18/h8,10-12,24H,2-7,9H2,1H3,(H,20,27)(H,21,25)/t10-,12-/m1/s1. The number of piperidine rings is 1. The lowest BCUT2D eigenvalue weighted by atomic mass is 10.0. The number of aliphatic hydroxyl groups excluding tert-OH is 1. The summed E-state index contributed by atoms with van der Waals surface area (Å²) in [4.78, 5) is 39.0. The molecule has 2 amide bonds. The van der Waals surface area contributed by atoms with Crippen LogP contribution in [-0.4, -0.2) is 76.6 Å². The van der Waals surface area contributed by atoms with Gasteiger partial charge in [0.1, 0.15) is 17.2 Å². The number of aromatic nitrogens is 2. The summed E-state index contributed by atoms with van der Waals surface area (Å²) in [7, 11) is 0. The van der Waals surface area contributed by atoms with Gasteiger partial charge in [-0.2, -0.15) is 5.10 Å². The van der Waals surface area contributed by atoms with Crippen molar-refractivity contribution in [3.63, 3.8) is 0 Å². The van der Waals surface area contributed by atoms with Crippen LogP contribution < -0.4 is 15.8 Å². The van der Waals surface area contributed by atoms with Gasteiger partial charge in [0.05, 0.1) is 18.4 Å². The Bertz CT molecular complexity index is 777. The molecule has 1 aromatic rings. The van der Waals surface area contributed by atoms with Crippen molar-refractivity contribution in [2.75, 3.05) is 31.1 Å². The van der Waals surface area contributed by atoms with Crippen molar-refractivity contribution in [2.45, 2.75) is 44.4 Å². The van der Waals surface area contributed by atoms with Gasteiger partial charge in [-0.1, -0.05) is 11.6 Å². The van der Waals surface area contributed by atoms with E-state index in [1.165, 1.54) is 13.1 Å². The lowest BCUT2D eigenvalue weighted by Crippen LogP contribution is -2.49. The second-order valence-corrected chi connectivity index (χ2v) is 7.46. The van der Waals surface area contributed by atoms with Crippen LogP contribution in [0.2, 0.25) is 5.02 Å². The Hall–Kier alpha value is -2.33. The fourth-order valence-corrected chi connectivity index (χ4v) is 3.71. The third kappa shape index (κ3) is 4.74. The minimum atomic E-state index is -1.01. The molecule has 11 heteroatoms. The van der Waals surface area contributed by atoms with Crippen molar-refractivity contribution < 1.29 is 19.4 Å². The van der Waals surface area contributed by atoms with E-state index in [-0.39, 0.29) is 23.1 Å². The largest absolute Gasteiger partial charge is 0.444 e. The Morgan fingerprint density at radius 1 is 1.36 bits per heavy atom. The number of amides is 2. The number of halogens is 1. The van der Waals surface area contributed by atoms with Gasteiger partial charge >= 0.3 is 6.09 Å². The van der Waals surface area contributed by atoms with Crippen LogP contribution in [-0.2, 0) is 9.53 Å². The first-order valence-electron chi connectivity index (χ1n) is 9.27. The van der Waals surface area contributed by atoms with Crippen LogP contribution in [0.5, 0.6) is 0 Å². The first-order valence-corrected chi connectivity index (χ1v) is 9.65. The monoisotopic (exact) mass is 413 g/mol. The minimum Gasteiger partial charge on any atom is -0.444 e. The lowest BCUT2D eigenvalue weighted by Gasteiger charge is -2.33. The van der Waals surface area contributed by atoms with E-state index in [9.17, 15) is 19.5 Å². The van der Waals surface area contributed by atoms with Crippen LogP contribution in [0.25, 0.3) is 0 Å². The van der Waals surface area contributed by atoms with E-state index >= 15 is 0 Å². The van der Waals surface area contributed by atoms with Crippen molar-refractivity contribution in [1.82, 2.24) is 20.4 Å². The van der Waals surface area contributed by atoms with E-state index in [1.807, 2.05) is 4.90 Å². The van der Waals surface area contributed by atoms with Crippen molar-refractivity contribution in [3.05, 3.63) is 21.6 Å². The topological polar surface area (TPSA) is 128 Å². The number of anilines is 1. The van der Waals surface area contributed by atoms with Gasteiger partial charge < -0.3 is 25.0 Å². The summed E-state index contributed by atoms with van der Waals surface area (Å²) in [5.41, 5.74) is 0.0637. The zero-order chi connectivity index (χ0) is 20.3. The van der Waals surface area contributed by atoms with E-state index in [0.29, 0.717) is 51.1 Å². The third-order valence-electron chi connectivity index (χ3n) is 5.02. The lowest BCUT2D eigenvalue weighted by molar-refractivity contribution is -0.140. The molecular formula is C17H24ClN5O5. The Morgan fingerprint density at radius 2 is 2.07 bits per heavy atom. The number of hydrogen-bond donors (Lipinski definition) is 3. The summed E-state index contributed by atoms with van der Waals surface area (Å²) < 4.78 is 5.49. The zero-order valence-corrected chi connectivity index (χ0v) is 16.3. The Morgan fingerprint density at radius 3 is 2.75 bits per heavy atom. The van der Waals surface area contributed by atoms with E-state index < -0.39 is 17.8 Å². The number of carbonyl (C=O) groups is 2. The molecule has 3 rings (SSSR count). The van der Waals surface area contributed by atoms with Crippen molar-refractivity contribution >= 4 is 29.3 Å². The Labute approximate surface area is 166 Å². The normalized spacial score (nSPS) is 21.5. The number of likely N-dealkylation sites (tertiary alicyclic amines) is 1. The number of H-pyrrole nitrogens is 1. The zero-order valence-electron chi connectivity index (χ0n) is 15.6. The predicted molar refractivity (Wildman–Crippen MR) is 101 cm³/mol. The van der Waals surface area contributed by atoms with E-state index in [0.717, 1.165) is 0 Å². The third-order valence-corrected chi connectivity index (χ3v) is 5.39. The van der Waals surface area contributed by atoms with Crippen LogP contribution in [0.1, 0.15) is 26.2 Å². The molecule has 0 bridgehead atoms. The van der Waals surface area contributed by atoms with Crippen LogP contribution in [0.15, 0.2) is 11.0 Å². The van der Waals surface area contributed by atoms with Gasteiger partial charge in [-0.05, 0) is 19.8 Å². The van der Waals surface area contributed by atoms with Crippen LogP contribution in [0.4, 0.5) is 10.5 Å². The van der Waals surface area contributed by atoms with Gasteiger partial charge in [0, 0.05) is 32.1 Å². The van der Waals surface area contributed by atoms with Gasteiger partial charge in [-0.3, -0.25) is 9.59 Å². The molecule has 2 aliphatic heterocycles. The maximum absolute atomic E-state index is 12.2. The molecule has 2 atom stereocenters. The second-order valence-electron chi connectivity index (χ2n) is 7.08. The molecule has 0 saturated carbocycles. The summed E-state index contributed by atoms with van der Waals surface area (Å²) >= 11 is 6.02. The number of ether oxygens (including phenoxy) is 1. The smallest absolute Gasteiger partial charge is 0.407 e. The molecule has 2 saturated heterocycles. The highest BCUT2D eigenvalue weighted by atomic mass is 35.5. The number of alkyl carbamates (subject to hydrolysis) is 1. The molecule has 0 radical (unpaired) electrons. The van der Waals surface area contributed by atoms with Crippen LogP contribution in [0, 0.1) is 0 Å².